The van der Waals surface area contributed by atoms with Gasteiger partial charge in [-0.3, -0.25) is 5.10 Å². The Morgan fingerprint density at radius 1 is 1.14 bits per heavy atom. The Labute approximate surface area is 157 Å². The minimum Gasteiger partial charge on any atom is -0.350 e. The van der Waals surface area contributed by atoms with Crippen LogP contribution in [0, 0.1) is 0 Å². The van der Waals surface area contributed by atoms with Crippen molar-refractivity contribution in [2.75, 3.05) is 10.6 Å². The molecule has 1 unspecified atom stereocenters. The largest absolute Gasteiger partial charge is 0.350 e. The van der Waals surface area contributed by atoms with Gasteiger partial charge in [0.15, 0.2) is 5.82 Å². The zero-order chi connectivity index (χ0) is 19.1. The molecule has 28 heavy (non-hydrogen) atoms. The zero-order valence-electron chi connectivity index (χ0n) is 14.6. The highest BCUT2D eigenvalue weighted by Gasteiger charge is 2.58. The molecule has 1 fully saturated rings. The lowest BCUT2D eigenvalue weighted by atomic mass is 10.2. The number of halogens is 2. The number of hydrogen-bond donors (Lipinski definition) is 4. The molecule has 3 heterocycles. The second kappa shape index (κ2) is 6.25. The Bertz CT molecular complexity index is 1140. The van der Waals surface area contributed by atoms with E-state index in [1.165, 1.54) is 0 Å². The third-order valence-electron chi connectivity index (χ3n) is 4.65. The molecule has 10 heteroatoms. The Kier molecular flexibility index (Phi) is 3.71. The van der Waals surface area contributed by atoms with Gasteiger partial charge in [-0.25, -0.2) is 18.7 Å². The quantitative estimate of drug-likeness (QED) is 0.406. The smallest absolute Gasteiger partial charge is 0.257 e. The van der Waals surface area contributed by atoms with E-state index in [2.05, 4.69) is 40.8 Å². The lowest BCUT2D eigenvalue weighted by Crippen LogP contribution is -2.05. The van der Waals surface area contributed by atoms with Gasteiger partial charge in [-0.1, -0.05) is 6.07 Å². The highest BCUT2D eigenvalue weighted by atomic mass is 19.3. The van der Waals surface area contributed by atoms with Crippen molar-refractivity contribution >= 4 is 28.6 Å². The molecule has 0 saturated heterocycles. The van der Waals surface area contributed by atoms with Gasteiger partial charge in [-0.15, -0.1) is 0 Å². The molecule has 8 nitrogen and oxygen atoms in total. The maximum atomic E-state index is 13.2. The first kappa shape index (κ1) is 16.6. The first-order valence-corrected chi connectivity index (χ1v) is 8.76. The molecule has 1 aromatic carbocycles. The number of benzene rings is 1. The predicted octanol–water partition coefficient (Wildman–Crippen LogP) is 3.55. The summed E-state index contributed by atoms with van der Waals surface area (Å²) >= 11 is 0. The van der Waals surface area contributed by atoms with E-state index in [1.54, 1.807) is 24.7 Å². The van der Waals surface area contributed by atoms with Crippen LogP contribution in [0.5, 0.6) is 0 Å². The number of imidazole rings is 1. The van der Waals surface area contributed by atoms with Gasteiger partial charge in [0.1, 0.15) is 5.82 Å². The molecule has 142 valence electrons. The maximum Gasteiger partial charge on any atom is 0.257 e. The molecule has 0 radical (unpaired) electrons. The van der Waals surface area contributed by atoms with E-state index in [-0.39, 0.29) is 6.42 Å². The molecule has 1 aliphatic rings. The number of fused-ring (bicyclic) bond motifs is 1. The minimum atomic E-state index is -2.63. The van der Waals surface area contributed by atoms with Crippen LogP contribution in [0.4, 0.5) is 26.4 Å². The number of aromatic nitrogens is 6. The van der Waals surface area contributed by atoms with Gasteiger partial charge in [-0.2, -0.15) is 10.1 Å². The molecule has 0 spiro atoms. The van der Waals surface area contributed by atoms with Gasteiger partial charge < -0.3 is 15.6 Å². The van der Waals surface area contributed by atoms with Crippen molar-refractivity contribution in [1.29, 1.82) is 0 Å². The van der Waals surface area contributed by atoms with Crippen LogP contribution in [0.1, 0.15) is 23.6 Å². The minimum absolute atomic E-state index is 0.138. The highest BCUT2D eigenvalue weighted by Crippen LogP contribution is 2.55. The van der Waals surface area contributed by atoms with Crippen LogP contribution >= 0.6 is 0 Å². The summed E-state index contributed by atoms with van der Waals surface area (Å²) in [5, 5.41) is 12.8. The van der Waals surface area contributed by atoms with Gasteiger partial charge in [0.2, 0.25) is 5.95 Å². The van der Waals surface area contributed by atoms with Gasteiger partial charge in [-0.05, 0) is 23.8 Å². The van der Waals surface area contributed by atoms with Gasteiger partial charge in [0.25, 0.3) is 5.92 Å². The molecular formula is C18H16F2N8. The van der Waals surface area contributed by atoms with Crippen molar-refractivity contribution in [3.63, 3.8) is 0 Å². The lowest BCUT2D eigenvalue weighted by Gasteiger charge is -2.07. The van der Waals surface area contributed by atoms with Crippen molar-refractivity contribution < 1.29 is 8.78 Å². The number of nitrogens with zero attached hydrogens (tertiary/aromatic N) is 4. The Morgan fingerprint density at radius 2 is 2.04 bits per heavy atom. The molecule has 1 aliphatic carbocycles. The Balaban J connectivity index is 1.24. The summed E-state index contributed by atoms with van der Waals surface area (Å²) < 4.78 is 26.3. The molecule has 0 amide bonds. The SMILES string of the molecule is FC1(F)CC1c1cc(Nc2ccnc(NCc3ccc4nc[nH]c4c3)n2)n[nH]1. The third-order valence-corrected chi connectivity index (χ3v) is 4.65. The fourth-order valence-corrected chi connectivity index (χ4v) is 3.05. The second-order valence-corrected chi connectivity index (χ2v) is 6.72. The topological polar surface area (TPSA) is 107 Å². The summed E-state index contributed by atoms with van der Waals surface area (Å²) in [6.45, 7) is 0.543. The molecule has 5 rings (SSSR count). The van der Waals surface area contributed by atoms with Gasteiger partial charge in [0, 0.05) is 30.9 Å². The monoisotopic (exact) mass is 382 g/mol. The molecule has 1 atom stereocenters. The highest BCUT2D eigenvalue weighted by molar-refractivity contribution is 5.75. The van der Waals surface area contributed by atoms with Crippen molar-refractivity contribution in [2.24, 2.45) is 0 Å². The zero-order valence-corrected chi connectivity index (χ0v) is 14.6. The van der Waals surface area contributed by atoms with Crippen LogP contribution in [0.15, 0.2) is 42.9 Å². The van der Waals surface area contributed by atoms with Crippen LogP contribution in [-0.2, 0) is 6.54 Å². The van der Waals surface area contributed by atoms with Crippen molar-refractivity contribution in [1.82, 2.24) is 30.1 Å². The van der Waals surface area contributed by atoms with E-state index >= 15 is 0 Å². The van der Waals surface area contributed by atoms with Crippen LogP contribution in [0.2, 0.25) is 0 Å². The standard InChI is InChI=1S/C18H16F2N8/c19-18(20)7-11(18)13-6-16(28-27-13)25-15-3-4-21-17(26-15)22-8-10-1-2-12-14(5-10)24-9-23-12/h1-6,9,11H,7-8H2,(H,23,24)(H3,21,22,25,26,27,28). The number of nitrogens with one attached hydrogen (secondary N) is 4. The van der Waals surface area contributed by atoms with E-state index in [0.717, 1.165) is 16.6 Å². The number of aromatic amines is 2. The maximum absolute atomic E-state index is 13.2. The molecule has 4 aromatic rings. The normalized spacial score (nSPS) is 17.6. The van der Waals surface area contributed by atoms with Crippen molar-refractivity contribution in [2.45, 2.75) is 24.8 Å². The fourth-order valence-electron chi connectivity index (χ4n) is 3.05. The molecule has 1 saturated carbocycles. The van der Waals surface area contributed by atoms with E-state index in [0.29, 0.717) is 29.8 Å². The van der Waals surface area contributed by atoms with E-state index in [9.17, 15) is 8.78 Å². The summed E-state index contributed by atoms with van der Waals surface area (Å²) in [6, 6.07) is 9.20. The third kappa shape index (κ3) is 3.24. The predicted molar refractivity (Wildman–Crippen MR) is 99.6 cm³/mol. The molecule has 0 aliphatic heterocycles. The van der Waals surface area contributed by atoms with Crippen molar-refractivity contribution in [3.05, 3.63) is 54.1 Å². The summed E-state index contributed by atoms with van der Waals surface area (Å²) in [5.41, 5.74) is 3.36. The summed E-state index contributed by atoms with van der Waals surface area (Å²) in [6.07, 6.45) is 3.13. The molecule has 0 bridgehead atoms. The number of hydrogen-bond acceptors (Lipinski definition) is 6. The molecule has 3 aromatic heterocycles. The molecular weight excluding hydrogens is 366 g/mol. The summed E-state index contributed by atoms with van der Waals surface area (Å²) in [7, 11) is 0. The van der Waals surface area contributed by atoms with Crippen molar-refractivity contribution in [3.8, 4) is 0 Å². The number of anilines is 3. The second-order valence-electron chi connectivity index (χ2n) is 6.72. The van der Waals surface area contributed by atoms with Crippen LogP contribution in [0.3, 0.4) is 0 Å². The lowest BCUT2D eigenvalue weighted by molar-refractivity contribution is 0.111. The summed E-state index contributed by atoms with van der Waals surface area (Å²) in [4.78, 5) is 15.9. The fraction of sp³-hybridized carbons (Fsp3) is 0.222. The Morgan fingerprint density at radius 3 is 2.89 bits per heavy atom. The summed E-state index contributed by atoms with van der Waals surface area (Å²) in [5.74, 6) is -2.01. The number of alkyl halides is 2. The number of rotatable bonds is 6. The first-order chi connectivity index (χ1) is 13.6. The van der Waals surface area contributed by atoms with Crippen LogP contribution in [0.25, 0.3) is 11.0 Å². The van der Waals surface area contributed by atoms with E-state index in [1.807, 2.05) is 18.2 Å². The first-order valence-electron chi connectivity index (χ1n) is 8.76. The average molecular weight is 382 g/mol. The van der Waals surface area contributed by atoms with Crippen LogP contribution < -0.4 is 10.6 Å². The number of H-pyrrole nitrogens is 2. The Hall–Kier alpha value is -3.56. The van der Waals surface area contributed by atoms with Gasteiger partial charge in [0.05, 0.1) is 23.3 Å². The van der Waals surface area contributed by atoms with E-state index in [4.69, 9.17) is 0 Å². The van der Waals surface area contributed by atoms with Gasteiger partial charge >= 0.3 is 0 Å². The molecule has 4 N–H and O–H groups in total. The average Bonchev–Trinajstić information content (AvgIpc) is 3.07. The van der Waals surface area contributed by atoms with E-state index < -0.39 is 11.8 Å². The van der Waals surface area contributed by atoms with Crippen LogP contribution in [-0.4, -0.2) is 36.1 Å².